The van der Waals surface area contributed by atoms with E-state index >= 15 is 0 Å². The first kappa shape index (κ1) is 56.2. The van der Waals surface area contributed by atoms with Crippen LogP contribution in [0.5, 0.6) is 0 Å². The van der Waals surface area contributed by atoms with Crippen molar-refractivity contribution in [2.75, 3.05) is 91.2 Å². The molecule has 0 unspecified atom stereocenters. The topological polar surface area (TPSA) is 183 Å². The van der Waals surface area contributed by atoms with Crippen molar-refractivity contribution in [3.8, 4) is 6.07 Å². The number of nitrogens with one attached hydrogen (secondary N) is 3. The second kappa shape index (κ2) is 25.1. The molecule has 0 saturated carbocycles. The van der Waals surface area contributed by atoms with Gasteiger partial charge in [0, 0.05) is 102 Å². The summed E-state index contributed by atoms with van der Waals surface area (Å²) in [6, 6.07) is 26.9. The molecule has 0 aliphatic carbocycles. The normalized spacial score (nSPS) is 17.3. The van der Waals surface area contributed by atoms with Crippen LogP contribution in [-0.2, 0) is 19.1 Å². The number of nitrogens with zero attached hydrogens (tertiary/aromatic N) is 7. The van der Waals surface area contributed by atoms with Crippen molar-refractivity contribution in [2.45, 2.75) is 59.6 Å². The molecule has 4 fully saturated rings. The molecule has 0 bridgehead atoms. The number of rotatable bonds is 11. The molecular weight excluding hydrogens is 1020 g/mol. The van der Waals surface area contributed by atoms with E-state index in [1.807, 2.05) is 24.3 Å². The predicted molar refractivity (Wildman–Crippen MR) is 279 cm³/mol. The van der Waals surface area contributed by atoms with Crippen molar-refractivity contribution >= 4 is 94.2 Å². The number of carbonyl (C=O) groups excluding carboxylic acids is 2. The molecule has 0 aromatic heterocycles. The molecule has 376 valence electrons. The van der Waals surface area contributed by atoms with Gasteiger partial charge in [0.2, 0.25) is 15.7 Å². The van der Waals surface area contributed by atoms with Gasteiger partial charge in [-0.2, -0.15) is 9.57 Å². The summed E-state index contributed by atoms with van der Waals surface area (Å²) in [6.07, 6.45) is 4.02. The molecule has 0 atom stereocenters. The second-order valence-electron chi connectivity index (χ2n) is 17.6. The highest BCUT2D eigenvalue weighted by Crippen LogP contribution is 2.31. The molecule has 0 radical (unpaired) electrons. The van der Waals surface area contributed by atoms with E-state index in [-0.39, 0.29) is 51.3 Å². The summed E-state index contributed by atoms with van der Waals surface area (Å²) in [4.78, 5) is 35.1. The zero-order valence-electron chi connectivity index (χ0n) is 39.3. The van der Waals surface area contributed by atoms with E-state index in [9.17, 15) is 31.7 Å². The van der Waals surface area contributed by atoms with Gasteiger partial charge >= 0.3 is 0 Å². The Morgan fingerprint density at radius 2 is 1.16 bits per heavy atom. The molecule has 4 aromatic carbocycles. The van der Waals surface area contributed by atoms with Gasteiger partial charge in [-0.05, 0) is 87.3 Å². The number of amides is 2. The van der Waals surface area contributed by atoms with Crippen molar-refractivity contribution < 1.29 is 26.4 Å². The number of halogens is 4. The summed E-state index contributed by atoms with van der Waals surface area (Å²) in [5, 5.41) is 20.6. The van der Waals surface area contributed by atoms with Crippen LogP contribution in [0.1, 0.15) is 52.0 Å². The Hall–Kier alpha value is -4.70. The Balaban J connectivity index is 0.000000218. The van der Waals surface area contributed by atoms with E-state index < -0.39 is 19.1 Å². The average Bonchev–Trinajstić information content (AvgIpc) is 3.31. The smallest absolute Gasteiger partial charge is 0.254 e. The summed E-state index contributed by atoms with van der Waals surface area (Å²) in [5.41, 5.74) is 3.12. The zero-order chi connectivity index (χ0) is 50.0. The van der Waals surface area contributed by atoms with Gasteiger partial charge in [0.1, 0.15) is 6.07 Å². The molecule has 4 aliphatic rings. The molecule has 8 rings (SSSR count). The lowest BCUT2D eigenvalue weighted by Crippen LogP contribution is -2.60. The number of piperidine rings is 2. The third-order valence-electron chi connectivity index (χ3n) is 12.4. The number of sulfonamides is 1. The SMILES string of the molecule is CN(C)C(=O)c1ccc(NC2CN(C3CCN(S(=O)(=O)c4ccccc4C#N)CC3)C2)cc1Cl.CN(C)C(=O)c1ccc(NC2CN(C3CCNCC3)C2)cc1Cl.Cl.[C-]#[N+]c1ccccc1S(=O)(=O)Cl. The second-order valence-corrected chi connectivity index (χ2v) is 22.9. The van der Waals surface area contributed by atoms with Gasteiger partial charge in [-0.3, -0.25) is 19.4 Å². The van der Waals surface area contributed by atoms with Gasteiger partial charge in [0.05, 0.1) is 55.2 Å². The number of nitriles is 1. The lowest BCUT2D eigenvalue weighted by molar-refractivity contribution is 0.0705. The molecule has 4 saturated heterocycles. The quantitative estimate of drug-likeness (QED) is 0.101. The molecular formula is C48H58Cl4N10O6S2. The van der Waals surface area contributed by atoms with Crippen LogP contribution in [0.2, 0.25) is 10.0 Å². The summed E-state index contributed by atoms with van der Waals surface area (Å²) in [6.45, 7) is 13.7. The fraction of sp³-hybridized carbons (Fsp3) is 0.417. The van der Waals surface area contributed by atoms with E-state index in [0.717, 1.165) is 69.5 Å². The van der Waals surface area contributed by atoms with Crippen LogP contribution in [0.25, 0.3) is 4.85 Å². The van der Waals surface area contributed by atoms with Crippen LogP contribution in [0.4, 0.5) is 17.1 Å². The van der Waals surface area contributed by atoms with Crippen molar-refractivity contribution in [3.05, 3.63) is 123 Å². The molecule has 4 aromatic rings. The maximum Gasteiger partial charge on any atom is 0.254 e. The van der Waals surface area contributed by atoms with Crippen molar-refractivity contribution in [1.82, 2.24) is 29.2 Å². The van der Waals surface area contributed by atoms with E-state index in [2.05, 4.69) is 30.6 Å². The summed E-state index contributed by atoms with van der Waals surface area (Å²) < 4.78 is 49.2. The summed E-state index contributed by atoms with van der Waals surface area (Å²) in [7, 11) is 4.46. The summed E-state index contributed by atoms with van der Waals surface area (Å²) in [5.74, 6) is -0.196. The number of carbonyl (C=O) groups is 2. The van der Waals surface area contributed by atoms with E-state index in [0.29, 0.717) is 46.3 Å². The fourth-order valence-electron chi connectivity index (χ4n) is 8.61. The number of hydrogen-bond donors (Lipinski definition) is 3. The number of likely N-dealkylation sites (tertiary alicyclic amines) is 2. The van der Waals surface area contributed by atoms with Crippen molar-refractivity contribution in [2.24, 2.45) is 0 Å². The summed E-state index contributed by atoms with van der Waals surface area (Å²) >= 11 is 12.6. The Morgan fingerprint density at radius 3 is 1.57 bits per heavy atom. The number of hydrogen-bond acceptors (Lipinski definition) is 12. The van der Waals surface area contributed by atoms with Crippen LogP contribution >= 0.6 is 46.3 Å². The highest BCUT2D eigenvalue weighted by molar-refractivity contribution is 8.13. The van der Waals surface area contributed by atoms with Crippen LogP contribution in [0.3, 0.4) is 0 Å². The van der Waals surface area contributed by atoms with Gasteiger partial charge in [0.15, 0.2) is 0 Å². The van der Waals surface area contributed by atoms with E-state index in [1.165, 1.54) is 57.3 Å². The van der Waals surface area contributed by atoms with Crippen LogP contribution in [0, 0.1) is 17.9 Å². The first-order valence-corrected chi connectivity index (χ1v) is 27.0. The Morgan fingerprint density at radius 1 is 0.714 bits per heavy atom. The minimum absolute atomic E-state index is 0. The molecule has 22 heteroatoms. The number of anilines is 2. The molecule has 4 heterocycles. The molecule has 16 nitrogen and oxygen atoms in total. The first-order chi connectivity index (χ1) is 32.8. The Labute approximate surface area is 432 Å². The van der Waals surface area contributed by atoms with Gasteiger partial charge in [0.25, 0.3) is 20.9 Å². The van der Waals surface area contributed by atoms with E-state index in [4.69, 9.17) is 40.5 Å². The molecule has 2 amide bonds. The number of para-hydroxylation sites is 1. The minimum Gasteiger partial charge on any atom is -0.380 e. The maximum absolute atomic E-state index is 13.0. The van der Waals surface area contributed by atoms with Gasteiger partial charge < -0.3 is 25.8 Å². The van der Waals surface area contributed by atoms with Crippen LogP contribution in [0.15, 0.2) is 94.7 Å². The van der Waals surface area contributed by atoms with Crippen molar-refractivity contribution in [1.29, 1.82) is 5.26 Å². The highest BCUT2D eigenvalue weighted by atomic mass is 35.7. The van der Waals surface area contributed by atoms with Gasteiger partial charge in [-0.15, -0.1) is 12.4 Å². The fourth-order valence-corrected chi connectivity index (χ4v) is 11.7. The van der Waals surface area contributed by atoms with Crippen molar-refractivity contribution in [3.63, 3.8) is 0 Å². The molecule has 70 heavy (non-hydrogen) atoms. The van der Waals surface area contributed by atoms with Crippen LogP contribution in [-0.4, -0.2) is 157 Å². The predicted octanol–water partition coefficient (Wildman–Crippen LogP) is 7.34. The third-order valence-corrected chi connectivity index (χ3v) is 16.4. The molecule has 3 N–H and O–H groups in total. The molecule has 4 aliphatic heterocycles. The Kier molecular flexibility index (Phi) is 20.2. The van der Waals surface area contributed by atoms with Gasteiger partial charge in [-0.25, -0.2) is 21.7 Å². The first-order valence-electron chi connectivity index (χ1n) is 22.4. The lowest BCUT2D eigenvalue weighted by Gasteiger charge is -2.47. The standard InChI is InChI=1S/C24H28ClN5O3S.C17H25ClN4O.C7H4ClNO2S.ClH/c1-28(2)24(31)21-8-7-18(13-22(21)25)27-19-15-29(16-19)20-9-11-30(12-10-20)34(32,33)23-6-4-3-5-17(23)14-26;1-21(2)17(23)15-4-3-12(9-16(15)18)20-13-10-22(11-13)14-5-7-19-8-6-14;1-9-6-4-2-3-5-7(6)12(8,10)11;/h3-8,13,19-20,27H,9-12,15-16H2,1-2H3;3-4,9,13-14,19-20H,5-8,10-11H2,1-2H3;2-5H;1H. The van der Waals surface area contributed by atoms with Crippen LogP contribution < -0.4 is 16.0 Å². The number of benzene rings is 4. The highest BCUT2D eigenvalue weighted by Gasteiger charge is 2.38. The monoisotopic (exact) mass is 1070 g/mol. The lowest BCUT2D eigenvalue weighted by atomic mass is 9.98. The average molecular weight is 1080 g/mol. The zero-order valence-corrected chi connectivity index (χ0v) is 44.0. The third kappa shape index (κ3) is 14.3. The minimum atomic E-state index is -3.79. The largest absolute Gasteiger partial charge is 0.380 e. The Bertz CT molecular complexity index is 2780. The van der Waals surface area contributed by atoms with E-state index in [1.54, 1.807) is 64.6 Å². The maximum atomic E-state index is 13.0. The van der Waals surface area contributed by atoms with Gasteiger partial charge in [-0.1, -0.05) is 59.6 Å². The molecule has 0 spiro atoms.